The number of hydrogen-bond acceptors (Lipinski definition) is 4. The summed E-state index contributed by atoms with van der Waals surface area (Å²) >= 11 is 0. The van der Waals surface area contributed by atoms with Gasteiger partial charge in [0.2, 0.25) is 0 Å². The summed E-state index contributed by atoms with van der Waals surface area (Å²) in [5.41, 5.74) is 2.08. The van der Waals surface area contributed by atoms with Gasteiger partial charge in [0, 0.05) is 39.0 Å². The molecule has 1 aromatic carbocycles. The Morgan fingerprint density at radius 1 is 1.25 bits per heavy atom. The molecule has 0 saturated carbocycles. The smallest absolute Gasteiger partial charge is 0.0940 e. The highest BCUT2D eigenvalue weighted by Crippen LogP contribution is 2.20. The predicted octanol–water partition coefficient (Wildman–Crippen LogP) is 2.19. The van der Waals surface area contributed by atoms with Crippen molar-refractivity contribution >= 4 is 5.69 Å². The lowest BCUT2D eigenvalue weighted by atomic mass is 10.0. The number of anilines is 1. The number of ether oxygens (including phenoxy) is 1. The minimum absolute atomic E-state index is 0.0295. The van der Waals surface area contributed by atoms with Crippen molar-refractivity contribution in [1.82, 2.24) is 5.32 Å². The molecule has 114 valence electrons. The van der Waals surface area contributed by atoms with Gasteiger partial charge in [0.15, 0.2) is 0 Å². The predicted molar refractivity (Wildman–Crippen MR) is 84.3 cm³/mol. The van der Waals surface area contributed by atoms with E-state index in [2.05, 4.69) is 5.32 Å². The van der Waals surface area contributed by atoms with Gasteiger partial charge in [-0.15, -0.1) is 0 Å². The van der Waals surface area contributed by atoms with Crippen LogP contribution in [0.5, 0.6) is 0 Å². The van der Waals surface area contributed by atoms with Gasteiger partial charge in [0.1, 0.15) is 0 Å². The molecule has 1 rings (SSSR count). The molecule has 1 aromatic rings. The van der Waals surface area contributed by atoms with Crippen molar-refractivity contribution in [3.63, 3.8) is 0 Å². The Kier molecular flexibility index (Phi) is 7.59. The van der Waals surface area contributed by atoms with E-state index in [4.69, 9.17) is 4.74 Å². The number of rotatable bonds is 9. The summed E-state index contributed by atoms with van der Waals surface area (Å²) in [6.45, 7) is 6.39. The van der Waals surface area contributed by atoms with E-state index < -0.39 is 6.10 Å². The zero-order valence-electron chi connectivity index (χ0n) is 13.1. The summed E-state index contributed by atoms with van der Waals surface area (Å²) in [7, 11) is 4.02. The number of nitrogens with zero attached hydrogens (tertiary/aromatic N) is 1. The molecular weight excluding hydrogens is 252 g/mol. The average molecular weight is 280 g/mol. The standard InChI is InChI=1S/C16H28N2O2/c1-5-20-12-6-11-17-13(2)16(19)14-7-9-15(10-8-14)18(3)4/h7-10,13,16-17,19H,5-6,11-12H2,1-4H3. The third-order valence-electron chi connectivity index (χ3n) is 3.36. The van der Waals surface area contributed by atoms with Crippen LogP contribution in [0.4, 0.5) is 5.69 Å². The second-order valence-electron chi connectivity index (χ2n) is 5.22. The van der Waals surface area contributed by atoms with Crippen LogP contribution < -0.4 is 10.2 Å². The van der Waals surface area contributed by atoms with E-state index >= 15 is 0 Å². The normalized spacial score (nSPS) is 14.1. The molecule has 0 aromatic heterocycles. The quantitative estimate of drug-likeness (QED) is 0.681. The molecule has 2 atom stereocenters. The average Bonchev–Trinajstić information content (AvgIpc) is 2.46. The fourth-order valence-corrected chi connectivity index (χ4v) is 2.02. The fourth-order valence-electron chi connectivity index (χ4n) is 2.02. The van der Waals surface area contributed by atoms with E-state index in [1.165, 1.54) is 0 Å². The van der Waals surface area contributed by atoms with Gasteiger partial charge >= 0.3 is 0 Å². The molecule has 4 nitrogen and oxygen atoms in total. The molecule has 0 bridgehead atoms. The molecule has 4 heteroatoms. The zero-order chi connectivity index (χ0) is 15.0. The lowest BCUT2D eigenvalue weighted by molar-refractivity contribution is 0.125. The molecule has 2 N–H and O–H groups in total. The van der Waals surface area contributed by atoms with Gasteiger partial charge in [0.25, 0.3) is 0 Å². The zero-order valence-corrected chi connectivity index (χ0v) is 13.1. The first kappa shape index (κ1) is 17.0. The van der Waals surface area contributed by atoms with Crippen LogP contribution in [0.15, 0.2) is 24.3 Å². The summed E-state index contributed by atoms with van der Waals surface area (Å²) < 4.78 is 5.29. The summed E-state index contributed by atoms with van der Waals surface area (Å²) in [4.78, 5) is 2.05. The number of hydrogen-bond donors (Lipinski definition) is 2. The van der Waals surface area contributed by atoms with E-state index in [0.717, 1.165) is 37.4 Å². The van der Waals surface area contributed by atoms with E-state index in [1.54, 1.807) is 0 Å². The molecule has 0 amide bonds. The second-order valence-corrected chi connectivity index (χ2v) is 5.22. The molecule has 2 unspecified atom stereocenters. The van der Waals surface area contributed by atoms with Gasteiger partial charge < -0.3 is 20.1 Å². The van der Waals surface area contributed by atoms with Crippen LogP contribution in [0.2, 0.25) is 0 Å². The maximum Gasteiger partial charge on any atom is 0.0940 e. The monoisotopic (exact) mass is 280 g/mol. The van der Waals surface area contributed by atoms with Gasteiger partial charge in [0.05, 0.1) is 6.10 Å². The summed E-state index contributed by atoms with van der Waals surface area (Å²) in [5, 5.41) is 13.7. The third kappa shape index (κ3) is 5.49. The molecular formula is C16H28N2O2. The van der Waals surface area contributed by atoms with Crippen LogP contribution in [-0.2, 0) is 4.74 Å². The lowest BCUT2D eigenvalue weighted by Gasteiger charge is -2.21. The highest BCUT2D eigenvalue weighted by molar-refractivity contribution is 5.46. The molecule has 0 aliphatic heterocycles. The van der Waals surface area contributed by atoms with Gasteiger partial charge in [-0.05, 0) is 44.5 Å². The number of benzene rings is 1. The lowest BCUT2D eigenvalue weighted by Crippen LogP contribution is -2.33. The summed E-state index contributed by atoms with van der Waals surface area (Å²) in [5.74, 6) is 0. The molecule has 0 aliphatic carbocycles. The molecule has 0 radical (unpaired) electrons. The highest BCUT2D eigenvalue weighted by Gasteiger charge is 2.15. The minimum atomic E-state index is -0.488. The maximum atomic E-state index is 10.3. The maximum absolute atomic E-state index is 10.3. The van der Waals surface area contributed by atoms with Gasteiger partial charge in [-0.1, -0.05) is 12.1 Å². The largest absolute Gasteiger partial charge is 0.387 e. The SMILES string of the molecule is CCOCCCNC(C)C(O)c1ccc(N(C)C)cc1. The Bertz CT molecular complexity index is 365. The number of nitrogens with one attached hydrogen (secondary N) is 1. The van der Waals surface area contributed by atoms with Gasteiger partial charge in [-0.25, -0.2) is 0 Å². The van der Waals surface area contributed by atoms with Gasteiger partial charge in [-0.3, -0.25) is 0 Å². The Labute approximate surface area is 122 Å². The molecule has 0 fully saturated rings. The first-order chi connectivity index (χ1) is 9.56. The van der Waals surface area contributed by atoms with E-state index in [1.807, 2.05) is 57.1 Å². The first-order valence-corrected chi connectivity index (χ1v) is 7.32. The Morgan fingerprint density at radius 2 is 1.90 bits per heavy atom. The minimum Gasteiger partial charge on any atom is -0.387 e. The first-order valence-electron chi connectivity index (χ1n) is 7.32. The van der Waals surface area contributed by atoms with Crippen molar-refractivity contribution in [3.05, 3.63) is 29.8 Å². The van der Waals surface area contributed by atoms with Crippen molar-refractivity contribution in [2.75, 3.05) is 38.8 Å². The Balaban J connectivity index is 2.41. The van der Waals surface area contributed by atoms with Crippen molar-refractivity contribution < 1.29 is 9.84 Å². The van der Waals surface area contributed by atoms with Crippen molar-refractivity contribution in [2.45, 2.75) is 32.4 Å². The Hall–Kier alpha value is -1.10. The van der Waals surface area contributed by atoms with Crippen LogP contribution in [0.1, 0.15) is 31.9 Å². The van der Waals surface area contributed by atoms with Crippen LogP contribution in [-0.4, -0.2) is 45.0 Å². The van der Waals surface area contributed by atoms with E-state index in [0.29, 0.717) is 0 Å². The molecule has 0 spiro atoms. The Morgan fingerprint density at radius 3 is 2.45 bits per heavy atom. The number of aliphatic hydroxyl groups excluding tert-OH is 1. The summed E-state index contributed by atoms with van der Waals surface area (Å²) in [6, 6.07) is 8.05. The molecule has 0 aliphatic rings. The summed E-state index contributed by atoms with van der Waals surface area (Å²) in [6.07, 6.45) is 0.475. The number of aliphatic hydroxyl groups is 1. The highest BCUT2D eigenvalue weighted by atomic mass is 16.5. The fraction of sp³-hybridized carbons (Fsp3) is 0.625. The third-order valence-corrected chi connectivity index (χ3v) is 3.36. The van der Waals surface area contributed by atoms with Crippen molar-refractivity contribution in [2.24, 2.45) is 0 Å². The van der Waals surface area contributed by atoms with E-state index in [-0.39, 0.29) is 6.04 Å². The van der Waals surface area contributed by atoms with Gasteiger partial charge in [-0.2, -0.15) is 0 Å². The van der Waals surface area contributed by atoms with Crippen LogP contribution in [0.25, 0.3) is 0 Å². The molecule has 20 heavy (non-hydrogen) atoms. The topological polar surface area (TPSA) is 44.7 Å². The van der Waals surface area contributed by atoms with E-state index in [9.17, 15) is 5.11 Å². The van der Waals surface area contributed by atoms with Crippen LogP contribution >= 0.6 is 0 Å². The second kappa shape index (κ2) is 8.95. The molecule has 0 heterocycles. The van der Waals surface area contributed by atoms with Crippen LogP contribution in [0, 0.1) is 0 Å². The molecule has 0 saturated heterocycles. The van der Waals surface area contributed by atoms with Crippen molar-refractivity contribution in [3.8, 4) is 0 Å². The van der Waals surface area contributed by atoms with Crippen LogP contribution in [0.3, 0.4) is 0 Å². The van der Waals surface area contributed by atoms with Crippen molar-refractivity contribution in [1.29, 1.82) is 0 Å².